The average Bonchev–Trinajstić information content (AvgIpc) is 3.28. The van der Waals surface area contributed by atoms with Crippen molar-refractivity contribution in [2.75, 3.05) is 51.5 Å². The van der Waals surface area contributed by atoms with Crippen LogP contribution in [-0.2, 0) is 18.3 Å². The molecule has 4 rings (SSSR count). The van der Waals surface area contributed by atoms with Crippen LogP contribution in [0.25, 0.3) is 22.2 Å². The van der Waals surface area contributed by atoms with Crippen LogP contribution in [0.4, 0.5) is 11.4 Å². The van der Waals surface area contributed by atoms with Crippen LogP contribution < -0.4 is 15.0 Å². The lowest BCUT2D eigenvalue weighted by Crippen LogP contribution is -2.29. The van der Waals surface area contributed by atoms with Gasteiger partial charge < -0.3 is 24.4 Å². The molecule has 2 aromatic heterocycles. The summed E-state index contributed by atoms with van der Waals surface area (Å²) in [6.07, 6.45) is 3.94. The number of nitrogens with one attached hydrogen (secondary N) is 1. The van der Waals surface area contributed by atoms with Gasteiger partial charge in [0.15, 0.2) is 0 Å². The second kappa shape index (κ2) is 11.3. The molecule has 0 aliphatic rings. The number of carbonyl (C=O) groups excluding carboxylic acids is 1. The zero-order valence-electron chi connectivity index (χ0n) is 26.7. The highest BCUT2D eigenvalue weighted by atomic mass is 16.5. The number of aromatic nitrogens is 3. The van der Waals surface area contributed by atoms with E-state index in [-0.39, 0.29) is 18.7 Å². The summed E-state index contributed by atoms with van der Waals surface area (Å²) in [6.45, 7) is -2.72. The molecule has 8 heteroatoms. The lowest BCUT2D eigenvalue weighted by molar-refractivity contribution is -0.111. The van der Waals surface area contributed by atoms with Crippen molar-refractivity contribution in [2.45, 2.75) is 6.42 Å². The molecule has 0 atom stereocenters. The van der Waals surface area contributed by atoms with Crippen molar-refractivity contribution in [1.29, 1.82) is 0 Å². The SMILES string of the molecule is [2H]C([2H])=C([2H])C(=O)Nc1cc(Cc2nccc(-c3cn(C)c4ccccc34)n2)c(OC)cc1N(C)C([2H])([2H])CN(C)C. The van der Waals surface area contributed by atoms with Crippen molar-refractivity contribution in [3.8, 4) is 17.0 Å². The number of carbonyl (C=O) groups is 1. The Balaban J connectivity index is 1.78. The maximum atomic E-state index is 12.7. The summed E-state index contributed by atoms with van der Waals surface area (Å²) >= 11 is 0. The summed E-state index contributed by atoms with van der Waals surface area (Å²) in [5.41, 5.74) is 3.89. The highest BCUT2D eigenvalue weighted by Gasteiger charge is 2.17. The van der Waals surface area contributed by atoms with Crippen molar-refractivity contribution >= 4 is 28.2 Å². The van der Waals surface area contributed by atoms with E-state index in [1.165, 1.54) is 12.0 Å². The Labute approximate surface area is 225 Å². The Kier molecular flexibility index (Phi) is 6.07. The molecule has 1 amide bonds. The standard InChI is InChI=1S/C29H34N6O2/c1-7-29(36)32-24-16-20(27(37-6)18-26(24)34(4)15-14-33(2)3)17-28-30-13-12-23(31-28)22-19-35(5)25-11-9-8-10-21(22)25/h7-13,16,18-19H,1,14-15,17H2,2-6H3,(H,32,36)/i1D2,7D,15D2. The van der Waals surface area contributed by atoms with Gasteiger partial charge in [-0.05, 0) is 38.3 Å². The predicted octanol–water partition coefficient (Wildman–Crippen LogP) is 4.36. The van der Waals surface area contributed by atoms with Crippen LogP contribution in [-0.4, -0.2) is 66.6 Å². The van der Waals surface area contributed by atoms with Gasteiger partial charge in [-0.1, -0.05) is 24.7 Å². The quantitative estimate of drug-likeness (QED) is 0.324. The zero-order chi connectivity index (χ0) is 30.8. The number of aryl methyl sites for hydroxylation is 1. The minimum absolute atomic E-state index is 0.0585. The van der Waals surface area contributed by atoms with E-state index in [0.717, 1.165) is 22.2 Å². The third-order valence-corrected chi connectivity index (χ3v) is 5.97. The number of ether oxygens (including phenoxy) is 1. The van der Waals surface area contributed by atoms with Gasteiger partial charge in [0.2, 0.25) is 5.91 Å². The molecule has 2 aromatic carbocycles. The molecule has 0 fully saturated rings. The molecule has 192 valence electrons. The van der Waals surface area contributed by atoms with Crippen LogP contribution >= 0.6 is 0 Å². The van der Waals surface area contributed by atoms with Gasteiger partial charge in [0, 0.05) is 74.0 Å². The van der Waals surface area contributed by atoms with E-state index in [9.17, 15) is 4.79 Å². The normalized spacial score (nSPS) is 13.3. The van der Waals surface area contributed by atoms with Gasteiger partial charge in [-0.3, -0.25) is 4.79 Å². The van der Waals surface area contributed by atoms with Crippen molar-refractivity contribution < 1.29 is 16.4 Å². The first-order valence-corrected chi connectivity index (χ1v) is 11.7. The molecule has 0 spiro atoms. The fraction of sp³-hybridized carbons (Fsp3) is 0.276. The number of methoxy groups -OCH3 is 1. The molecule has 0 aliphatic heterocycles. The number of likely N-dealkylation sites (N-methyl/N-ethyl adjacent to an activating group) is 2. The van der Waals surface area contributed by atoms with Gasteiger partial charge in [0.05, 0.1) is 31.0 Å². The Morgan fingerprint density at radius 3 is 2.86 bits per heavy atom. The second-order valence-electron chi connectivity index (χ2n) is 8.92. The lowest BCUT2D eigenvalue weighted by Gasteiger charge is -2.25. The van der Waals surface area contributed by atoms with E-state index in [1.807, 2.05) is 48.1 Å². The highest BCUT2D eigenvalue weighted by Crippen LogP contribution is 2.35. The number of benzene rings is 2. The van der Waals surface area contributed by atoms with E-state index < -0.39 is 25.0 Å². The summed E-state index contributed by atoms with van der Waals surface area (Å²) in [7, 11) is 8.55. The first-order chi connectivity index (χ1) is 19.8. The summed E-state index contributed by atoms with van der Waals surface area (Å²) in [5, 5.41) is 3.65. The summed E-state index contributed by atoms with van der Waals surface area (Å²) in [4.78, 5) is 25.1. The van der Waals surface area contributed by atoms with Crippen LogP contribution in [0.2, 0.25) is 0 Å². The number of fused-ring (bicyclic) bond motifs is 1. The van der Waals surface area contributed by atoms with Crippen LogP contribution in [0.5, 0.6) is 5.75 Å². The average molecular weight is 504 g/mol. The topological polar surface area (TPSA) is 75.5 Å². The van der Waals surface area contributed by atoms with Crippen molar-refractivity contribution in [2.24, 2.45) is 7.05 Å². The minimum atomic E-state index is -1.85. The summed E-state index contributed by atoms with van der Waals surface area (Å²) < 4.78 is 47.5. The molecule has 0 saturated carbocycles. The first-order valence-electron chi connectivity index (χ1n) is 14.2. The van der Waals surface area contributed by atoms with Gasteiger partial charge in [0.25, 0.3) is 0 Å². The first kappa shape index (κ1) is 20.0. The fourth-order valence-corrected chi connectivity index (χ4v) is 4.16. The molecule has 0 aliphatic carbocycles. The number of amides is 1. The van der Waals surface area contributed by atoms with E-state index >= 15 is 0 Å². The third kappa shape index (κ3) is 5.81. The minimum Gasteiger partial charge on any atom is -0.496 e. The van der Waals surface area contributed by atoms with E-state index in [4.69, 9.17) is 16.6 Å². The predicted molar refractivity (Wildman–Crippen MR) is 150 cm³/mol. The van der Waals surface area contributed by atoms with Crippen molar-refractivity contribution in [1.82, 2.24) is 19.4 Å². The Bertz CT molecular complexity index is 1650. The van der Waals surface area contributed by atoms with Gasteiger partial charge in [-0.25, -0.2) is 9.97 Å². The molecule has 2 heterocycles. The largest absolute Gasteiger partial charge is 0.496 e. The van der Waals surface area contributed by atoms with Gasteiger partial charge in [0.1, 0.15) is 11.6 Å². The molecule has 0 unspecified atom stereocenters. The number of hydrogen-bond acceptors (Lipinski definition) is 6. The fourth-order valence-electron chi connectivity index (χ4n) is 4.16. The van der Waals surface area contributed by atoms with E-state index in [2.05, 4.69) is 10.3 Å². The van der Waals surface area contributed by atoms with Crippen LogP contribution in [0.15, 0.2) is 67.4 Å². The molecule has 4 aromatic rings. The van der Waals surface area contributed by atoms with Crippen LogP contribution in [0.1, 0.15) is 18.2 Å². The van der Waals surface area contributed by atoms with Crippen LogP contribution in [0.3, 0.4) is 0 Å². The smallest absolute Gasteiger partial charge is 0.247 e. The molecule has 0 saturated heterocycles. The highest BCUT2D eigenvalue weighted by molar-refractivity contribution is 6.01. The molecular formula is C29H34N6O2. The molecule has 0 radical (unpaired) electrons. The Morgan fingerprint density at radius 1 is 1.30 bits per heavy atom. The summed E-state index contributed by atoms with van der Waals surface area (Å²) in [6, 6.07) is 12.3. The number of para-hydroxylation sites is 1. The Morgan fingerprint density at radius 2 is 2.11 bits per heavy atom. The van der Waals surface area contributed by atoms with Crippen molar-refractivity contribution in [3.63, 3.8) is 0 Å². The van der Waals surface area contributed by atoms with E-state index in [0.29, 0.717) is 22.8 Å². The maximum Gasteiger partial charge on any atom is 0.247 e. The number of rotatable bonds is 10. The van der Waals surface area contributed by atoms with E-state index in [1.54, 1.807) is 44.4 Å². The maximum absolute atomic E-state index is 12.7. The molecule has 1 N–H and O–H groups in total. The third-order valence-electron chi connectivity index (χ3n) is 5.97. The monoisotopic (exact) mass is 503 g/mol. The van der Waals surface area contributed by atoms with Gasteiger partial charge in [-0.2, -0.15) is 0 Å². The lowest BCUT2D eigenvalue weighted by atomic mass is 10.1. The molecular weight excluding hydrogens is 464 g/mol. The van der Waals surface area contributed by atoms with Crippen molar-refractivity contribution in [3.05, 3.63) is 78.8 Å². The van der Waals surface area contributed by atoms with Gasteiger partial charge >= 0.3 is 0 Å². The second-order valence-corrected chi connectivity index (χ2v) is 8.92. The molecule has 8 nitrogen and oxygen atoms in total. The number of anilines is 2. The molecule has 37 heavy (non-hydrogen) atoms. The Hall–Kier alpha value is -4.17. The number of nitrogens with zero attached hydrogens (tertiary/aromatic N) is 5. The zero-order valence-corrected chi connectivity index (χ0v) is 21.7. The van der Waals surface area contributed by atoms with Crippen LogP contribution in [0, 0.1) is 0 Å². The van der Waals surface area contributed by atoms with Gasteiger partial charge in [-0.15, -0.1) is 0 Å². The number of hydrogen-bond donors (Lipinski definition) is 1. The molecule has 0 bridgehead atoms. The summed E-state index contributed by atoms with van der Waals surface area (Å²) in [5.74, 6) is -0.0261.